The first-order valence-electron chi connectivity index (χ1n) is 10.0. The van der Waals surface area contributed by atoms with Gasteiger partial charge in [-0.1, -0.05) is 5.16 Å². The SMILES string of the molecule is O=C1O[C@@H](CNc2ccon2)CN1c1ccc(-c2ccc(N3CCNC3=O)nc2)c(F)c1. The molecule has 32 heavy (non-hydrogen) atoms. The van der Waals surface area contributed by atoms with E-state index in [1.54, 1.807) is 30.3 Å². The molecule has 164 valence electrons. The van der Waals surface area contributed by atoms with Crippen molar-refractivity contribution in [1.82, 2.24) is 15.5 Å². The maximum absolute atomic E-state index is 14.9. The molecule has 3 amide bonds. The molecule has 2 fully saturated rings. The number of aromatic nitrogens is 2. The van der Waals surface area contributed by atoms with Gasteiger partial charge in [0.25, 0.3) is 0 Å². The summed E-state index contributed by atoms with van der Waals surface area (Å²) >= 11 is 0. The van der Waals surface area contributed by atoms with E-state index in [0.717, 1.165) is 0 Å². The molecule has 0 spiro atoms. The monoisotopic (exact) mass is 438 g/mol. The number of carbonyl (C=O) groups is 2. The number of hydrogen-bond acceptors (Lipinski definition) is 7. The Balaban J connectivity index is 1.28. The Morgan fingerprint density at radius 3 is 2.78 bits per heavy atom. The van der Waals surface area contributed by atoms with Gasteiger partial charge in [0.05, 0.1) is 18.8 Å². The average Bonchev–Trinajstić information content (AvgIpc) is 3.54. The van der Waals surface area contributed by atoms with E-state index in [9.17, 15) is 14.0 Å². The van der Waals surface area contributed by atoms with Crippen molar-refractivity contribution in [3.8, 4) is 11.1 Å². The molecule has 0 unspecified atom stereocenters. The normalized spacial score (nSPS) is 18.1. The summed E-state index contributed by atoms with van der Waals surface area (Å²) in [4.78, 5) is 31.2. The molecule has 0 bridgehead atoms. The van der Waals surface area contributed by atoms with E-state index >= 15 is 0 Å². The van der Waals surface area contributed by atoms with Gasteiger partial charge in [0.15, 0.2) is 5.82 Å². The largest absolute Gasteiger partial charge is 0.442 e. The van der Waals surface area contributed by atoms with Gasteiger partial charge in [-0.05, 0) is 30.3 Å². The second-order valence-corrected chi connectivity index (χ2v) is 7.33. The third kappa shape index (κ3) is 3.80. The summed E-state index contributed by atoms with van der Waals surface area (Å²) in [6.45, 7) is 1.72. The molecule has 0 aliphatic carbocycles. The zero-order chi connectivity index (χ0) is 22.1. The number of halogens is 1. The van der Waals surface area contributed by atoms with Crippen molar-refractivity contribution in [2.75, 3.05) is 41.3 Å². The number of amides is 3. The predicted molar refractivity (Wildman–Crippen MR) is 113 cm³/mol. The van der Waals surface area contributed by atoms with Crippen molar-refractivity contribution in [2.45, 2.75) is 6.10 Å². The van der Waals surface area contributed by atoms with Gasteiger partial charge in [-0.15, -0.1) is 0 Å². The molecule has 2 aliphatic rings. The van der Waals surface area contributed by atoms with Gasteiger partial charge in [0.1, 0.15) is 24.0 Å². The summed E-state index contributed by atoms with van der Waals surface area (Å²) in [5, 5.41) is 9.46. The van der Waals surface area contributed by atoms with E-state index in [1.165, 1.54) is 28.3 Å². The fourth-order valence-electron chi connectivity index (χ4n) is 3.66. The van der Waals surface area contributed by atoms with Crippen LogP contribution in [0.2, 0.25) is 0 Å². The van der Waals surface area contributed by atoms with Gasteiger partial charge in [-0.2, -0.15) is 0 Å². The van der Waals surface area contributed by atoms with Crippen LogP contribution in [0.4, 0.5) is 31.3 Å². The number of carbonyl (C=O) groups excluding carboxylic acids is 2. The molecule has 2 saturated heterocycles. The number of nitrogens with one attached hydrogen (secondary N) is 2. The van der Waals surface area contributed by atoms with Crippen LogP contribution in [-0.4, -0.2) is 54.5 Å². The standard InChI is InChI=1S/C21H19FN6O4/c22-17-9-14(28-12-15(32-21(28)30)11-24-18-5-8-31-26-18)2-3-16(17)13-1-4-19(25-10-13)27-7-6-23-20(27)29/h1-5,8-10,15H,6-7,11-12H2,(H,23,29)(H,24,26)/t15-/m0/s1. The Morgan fingerprint density at radius 1 is 1.19 bits per heavy atom. The maximum Gasteiger partial charge on any atom is 0.414 e. The molecule has 0 saturated carbocycles. The molecule has 1 atom stereocenters. The van der Waals surface area contributed by atoms with Gasteiger partial charge in [-0.3, -0.25) is 9.80 Å². The van der Waals surface area contributed by atoms with Gasteiger partial charge >= 0.3 is 12.1 Å². The van der Waals surface area contributed by atoms with Crippen LogP contribution in [0.3, 0.4) is 0 Å². The lowest BCUT2D eigenvalue weighted by Gasteiger charge is -2.15. The van der Waals surface area contributed by atoms with Crippen LogP contribution in [-0.2, 0) is 4.74 Å². The lowest BCUT2D eigenvalue weighted by Crippen LogP contribution is -2.28. The molecule has 3 aromatic rings. The van der Waals surface area contributed by atoms with Gasteiger partial charge in [0, 0.05) is 36.5 Å². The predicted octanol–water partition coefficient (Wildman–Crippen LogP) is 2.84. The van der Waals surface area contributed by atoms with E-state index in [0.29, 0.717) is 48.1 Å². The van der Waals surface area contributed by atoms with E-state index < -0.39 is 18.0 Å². The molecule has 2 aliphatic heterocycles. The number of cyclic esters (lactones) is 1. The third-order valence-electron chi connectivity index (χ3n) is 5.28. The summed E-state index contributed by atoms with van der Waals surface area (Å²) < 4.78 is 25.0. The van der Waals surface area contributed by atoms with Crippen LogP contribution in [0.5, 0.6) is 0 Å². The summed E-state index contributed by atoms with van der Waals surface area (Å²) in [5.74, 6) is 0.554. The Bertz CT molecular complexity index is 1140. The summed E-state index contributed by atoms with van der Waals surface area (Å²) in [6, 6.07) is 9.40. The van der Waals surface area contributed by atoms with Crippen molar-refractivity contribution in [1.29, 1.82) is 0 Å². The first-order valence-corrected chi connectivity index (χ1v) is 10.0. The smallest absolute Gasteiger partial charge is 0.414 e. The molecule has 11 heteroatoms. The zero-order valence-electron chi connectivity index (χ0n) is 16.8. The highest BCUT2D eigenvalue weighted by Gasteiger charge is 2.32. The maximum atomic E-state index is 14.9. The summed E-state index contributed by atoms with van der Waals surface area (Å²) in [5.41, 5.74) is 1.31. The second-order valence-electron chi connectivity index (χ2n) is 7.33. The Morgan fingerprint density at radius 2 is 2.09 bits per heavy atom. The van der Waals surface area contributed by atoms with Gasteiger partial charge in [-0.25, -0.2) is 19.0 Å². The van der Waals surface area contributed by atoms with Gasteiger partial charge < -0.3 is 19.9 Å². The number of pyridine rings is 1. The molecule has 10 nitrogen and oxygen atoms in total. The second kappa shape index (κ2) is 8.17. The van der Waals surface area contributed by atoms with Crippen molar-refractivity contribution in [3.63, 3.8) is 0 Å². The highest BCUT2D eigenvalue weighted by molar-refractivity contribution is 5.93. The third-order valence-corrected chi connectivity index (χ3v) is 5.28. The van der Waals surface area contributed by atoms with E-state index in [4.69, 9.17) is 9.26 Å². The Hall–Kier alpha value is -4.15. The zero-order valence-corrected chi connectivity index (χ0v) is 16.8. The van der Waals surface area contributed by atoms with E-state index in [1.807, 2.05) is 0 Å². The van der Waals surface area contributed by atoms with Crippen molar-refractivity contribution < 1.29 is 23.2 Å². The average molecular weight is 438 g/mol. The number of rotatable bonds is 6. The first kappa shape index (κ1) is 19.8. The van der Waals surface area contributed by atoms with Gasteiger partial charge in [0.2, 0.25) is 0 Å². The molecule has 0 radical (unpaired) electrons. The molecule has 2 N–H and O–H groups in total. The molecular weight excluding hydrogens is 419 g/mol. The molecule has 5 rings (SSSR count). The van der Waals surface area contributed by atoms with Crippen LogP contribution >= 0.6 is 0 Å². The van der Waals surface area contributed by atoms with Crippen LogP contribution in [0.1, 0.15) is 0 Å². The number of benzene rings is 1. The number of anilines is 3. The minimum absolute atomic E-state index is 0.201. The first-order chi connectivity index (χ1) is 15.6. The molecule has 2 aromatic heterocycles. The highest BCUT2D eigenvalue weighted by atomic mass is 19.1. The van der Waals surface area contributed by atoms with Crippen LogP contribution < -0.4 is 20.4 Å². The lowest BCUT2D eigenvalue weighted by atomic mass is 10.1. The molecule has 1 aromatic carbocycles. The van der Waals surface area contributed by atoms with E-state index in [2.05, 4.69) is 20.8 Å². The lowest BCUT2D eigenvalue weighted by molar-refractivity contribution is 0.147. The number of ether oxygens (including phenoxy) is 1. The Kier molecular flexibility index (Phi) is 5.06. The topological polar surface area (TPSA) is 113 Å². The minimum Gasteiger partial charge on any atom is -0.442 e. The van der Waals surface area contributed by atoms with Crippen LogP contribution in [0, 0.1) is 5.82 Å². The summed E-state index contributed by atoms with van der Waals surface area (Å²) in [7, 11) is 0. The fourth-order valence-corrected chi connectivity index (χ4v) is 3.66. The van der Waals surface area contributed by atoms with Crippen molar-refractivity contribution >= 4 is 29.4 Å². The van der Waals surface area contributed by atoms with Crippen LogP contribution in [0.25, 0.3) is 11.1 Å². The Labute approximate surface area is 181 Å². The van der Waals surface area contributed by atoms with Crippen molar-refractivity contribution in [3.05, 3.63) is 54.7 Å². The minimum atomic E-state index is -0.543. The number of nitrogens with zero attached hydrogens (tertiary/aromatic N) is 4. The fraction of sp³-hybridized carbons (Fsp3) is 0.238. The quantitative estimate of drug-likeness (QED) is 0.608. The van der Waals surface area contributed by atoms with Crippen molar-refractivity contribution in [2.24, 2.45) is 0 Å². The number of urea groups is 1. The number of hydrogen-bond donors (Lipinski definition) is 2. The highest BCUT2D eigenvalue weighted by Crippen LogP contribution is 2.29. The summed E-state index contributed by atoms with van der Waals surface area (Å²) in [6.07, 6.45) is 2.00. The van der Waals surface area contributed by atoms with Crippen LogP contribution in [0.15, 0.2) is 53.4 Å². The molecule has 4 heterocycles. The van der Waals surface area contributed by atoms with E-state index in [-0.39, 0.29) is 12.6 Å². The molecular formula is C21H19FN6O4.